The molecule has 0 saturated heterocycles. The molecule has 1 aromatic heterocycles. The van der Waals surface area contributed by atoms with Crippen LogP contribution in [-0.2, 0) is 9.53 Å². The zero-order valence-electron chi connectivity index (χ0n) is 16.1. The van der Waals surface area contributed by atoms with Crippen LogP contribution in [0.15, 0.2) is 42.2 Å². The zero-order valence-corrected chi connectivity index (χ0v) is 17.0. The Kier molecular flexibility index (Phi) is 6.38. The van der Waals surface area contributed by atoms with Gasteiger partial charge in [-0.3, -0.25) is 9.59 Å². The van der Waals surface area contributed by atoms with Gasteiger partial charge in [-0.15, -0.1) is 6.58 Å². The molecule has 0 radical (unpaired) electrons. The van der Waals surface area contributed by atoms with Gasteiger partial charge in [0.2, 0.25) is 0 Å². The van der Waals surface area contributed by atoms with Crippen molar-refractivity contribution in [2.45, 2.75) is 24.3 Å². The number of hydrogen-bond donors (Lipinski definition) is 1. The number of Topliss-reactive ketones (excluding diaryl/α,β-unsaturated/α-hetero) is 1. The normalized spacial score (nSPS) is 14.0. The van der Waals surface area contributed by atoms with Crippen LogP contribution >= 0.6 is 11.8 Å². The van der Waals surface area contributed by atoms with Gasteiger partial charge in [-0.2, -0.15) is 0 Å². The van der Waals surface area contributed by atoms with Crippen molar-refractivity contribution in [2.24, 2.45) is 0 Å². The van der Waals surface area contributed by atoms with Gasteiger partial charge < -0.3 is 19.4 Å². The fourth-order valence-electron chi connectivity index (χ4n) is 2.82. The number of ketones is 1. The minimum atomic E-state index is -0.493. The van der Waals surface area contributed by atoms with E-state index in [1.54, 1.807) is 43.0 Å². The molecule has 2 aromatic rings. The summed E-state index contributed by atoms with van der Waals surface area (Å²) < 4.78 is 10.4. The van der Waals surface area contributed by atoms with Crippen LogP contribution in [0.4, 0.5) is 5.69 Å². The van der Waals surface area contributed by atoms with Crippen LogP contribution in [0.25, 0.3) is 0 Å². The number of benzene rings is 1. The van der Waals surface area contributed by atoms with Gasteiger partial charge in [0.05, 0.1) is 23.7 Å². The highest BCUT2D eigenvalue weighted by Gasteiger charge is 2.27. The number of H-pyrrole nitrogens is 1. The van der Waals surface area contributed by atoms with Gasteiger partial charge >= 0.3 is 5.97 Å². The fraction of sp³-hybridized carbons (Fsp3) is 0.300. The highest BCUT2D eigenvalue weighted by atomic mass is 32.2. The maximum Gasteiger partial charge on any atom is 0.356 e. The fourth-order valence-corrected chi connectivity index (χ4v) is 3.68. The molecule has 29 heavy (non-hydrogen) atoms. The monoisotopic (exact) mass is 415 g/mol. The molecule has 9 heteroatoms. The lowest BCUT2D eigenvalue weighted by Gasteiger charge is -2.29. The van der Waals surface area contributed by atoms with Crippen molar-refractivity contribution in [1.82, 2.24) is 9.97 Å². The van der Waals surface area contributed by atoms with Crippen LogP contribution in [0.2, 0.25) is 0 Å². The molecule has 1 unspecified atom stereocenters. The summed E-state index contributed by atoms with van der Waals surface area (Å²) in [7, 11) is 0. The van der Waals surface area contributed by atoms with Crippen LogP contribution in [0.5, 0.6) is 5.75 Å². The van der Waals surface area contributed by atoms with Crippen molar-refractivity contribution in [2.75, 3.05) is 24.7 Å². The first kappa shape index (κ1) is 20.7. The maximum atomic E-state index is 12.9. The topological polar surface area (TPSA) is 102 Å². The predicted octanol–water partition coefficient (Wildman–Crippen LogP) is 2.86. The van der Waals surface area contributed by atoms with Crippen LogP contribution in [-0.4, -0.2) is 52.6 Å². The summed E-state index contributed by atoms with van der Waals surface area (Å²) in [5.74, 6) is -0.268. The molecule has 1 aliphatic heterocycles. The second-order valence-electron chi connectivity index (χ2n) is 6.21. The number of fused-ring (bicyclic) bond motifs is 1. The Bertz CT molecular complexity index is 955. The molecule has 8 nitrogen and oxygen atoms in total. The highest BCUT2D eigenvalue weighted by Crippen LogP contribution is 2.34. The van der Waals surface area contributed by atoms with Gasteiger partial charge in [0.1, 0.15) is 11.4 Å². The van der Waals surface area contributed by atoms with Gasteiger partial charge in [0.15, 0.2) is 17.5 Å². The van der Waals surface area contributed by atoms with E-state index in [0.717, 1.165) is 0 Å². The molecule has 0 bridgehead atoms. The third kappa shape index (κ3) is 4.51. The van der Waals surface area contributed by atoms with Crippen molar-refractivity contribution in [3.8, 4) is 5.75 Å². The molecular weight excluding hydrogens is 394 g/mol. The first-order valence-corrected chi connectivity index (χ1v) is 9.93. The molecule has 0 saturated carbocycles. The summed E-state index contributed by atoms with van der Waals surface area (Å²) in [6, 6.07) is 5.02. The van der Waals surface area contributed by atoms with Crippen molar-refractivity contribution < 1.29 is 23.9 Å². The van der Waals surface area contributed by atoms with Gasteiger partial charge in [-0.25, -0.2) is 9.78 Å². The Morgan fingerprint density at radius 1 is 1.48 bits per heavy atom. The number of thioether (sulfide) groups is 1. The molecule has 3 rings (SSSR count). The smallest absolute Gasteiger partial charge is 0.356 e. The van der Waals surface area contributed by atoms with E-state index in [0.29, 0.717) is 28.7 Å². The van der Waals surface area contributed by atoms with Gasteiger partial charge in [0, 0.05) is 12.1 Å². The first-order valence-electron chi connectivity index (χ1n) is 9.05. The number of rotatable bonds is 8. The van der Waals surface area contributed by atoms with Crippen molar-refractivity contribution in [3.63, 3.8) is 0 Å². The lowest BCUT2D eigenvalue weighted by Crippen LogP contribution is -2.39. The standard InChI is InChI=1S/C20H21N3O5S/c1-4-8-23-15-9-13(6-7-16(15)28-11-17(23)24)18(25)12(3)29-20-21-10-14(22-20)19(26)27-5-2/h4,6-7,9-10,12H,1,5,8,11H2,2-3H3,(H,21,22). The summed E-state index contributed by atoms with van der Waals surface area (Å²) in [6.45, 7) is 7.70. The van der Waals surface area contributed by atoms with E-state index in [4.69, 9.17) is 9.47 Å². The third-order valence-electron chi connectivity index (χ3n) is 4.20. The number of amides is 1. The molecule has 1 atom stereocenters. The SMILES string of the molecule is C=CCN1C(=O)COc2ccc(C(=O)C(C)Sc3ncc(C(=O)OCC)[nH]3)cc21. The van der Waals surface area contributed by atoms with Crippen LogP contribution in [0.1, 0.15) is 34.7 Å². The molecule has 1 N–H and O–H groups in total. The van der Waals surface area contributed by atoms with Crippen LogP contribution < -0.4 is 9.64 Å². The number of carbonyl (C=O) groups is 3. The summed E-state index contributed by atoms with van der Waals surface area (Å²) in [4.78, 5) is 45.3. The summed E-state index contributed by atoms with van der Waals surface area (Å²) >= 11 is 1.20. The number of anilines is 1. The Balaban J connectivity index is 1.76. The minimum Gasteiger partial charge on any atom is -0.482 e. The number of aromatic nitrogens is 2. The molecule has 152 valence electrons. The molecule has 1 aromatic carbocycles. The van der Waals surface area contributed by atoms with Gasteiger partial charge in [-0.05, 0) is 32.0 Å². The minimum absolute atomic E-state index is 0.0400. The van der Waals surface area contributed by atoms with E-state index in [1.807, 2.05) is 0 Å². The van der Waals surface area contributed by atoms with Crippen molar-refractivity contribution >= 4 is 35.1 Å². The number of hydrogen-bond acceptors (Lipinski definition) is 7. The van der Waals surface area contributed by atoms with E-state index in [2.05, 4.69) is 16.5 Å². The lowest BCUT2D eigenvalue weighted by molar-refractivity contribution is -0.121. The second kappa shape index (κ2) is 8.95. The van der Waals surface area contributed by atoms with E-state index < -0.39 is 11.2 Å². The molecule has 0 aliphatic carbocycles. The van der Waals surface area contributed by atoms with E-state index in [9.17, 15) is 14.4 Å². The zero-order chi connectivity index (χ0) is 21.0. The number of esters is 1. The molecule has 2 heterocycles. The van der Waals surface area contributed by atoms with E-state index >= 15 is 0 Å². The number of nitrogens with zero attached hydrogens (tertiary/aromatic N) is 2. The van der Waals surface area contributed by atoms with E-state index in [1.165, 1.54) is 18.0 Å². The highest BCUT2D eigenvalue weighted by molar-refractivity contribution is 8.00. The van der Waals surface area contributed by atoms with Gasteiger partial charge in [0.25, 0.3) is 5.91 Å². The average molecular weight is 415 g/mol. The summed E-state index contributed by atoms with van der Waals surface area (Å²) in [6.07, 6.45) is 3.00. The Morgan fingerprint density at radius 2 is 2.28 bits per heavy atom. The predicted molar refractivity (Wildman–Crippen MR) is 109 cm³/mol. The third-order valence-corrected chi connectivity index (χ3v) is 5.20. The average Bonchev–Trinajstić information content (AvgIpc) is 3.18. The number of aromatic amines is 1. The Labute approximate surface area is 172 Å². The van der Waals surface area contributed by atoms with E-state index in [-0.39, 0.29) is 30.6 Å². The number of carbonyl (C=O) groups excluding carboxylic acids is 3. The molecule has 0 fully saturated rings. The Morgan fingerprint density at radius 3 is 3.00 bits per heavy atom. The molecule has 1 aliphatic rings. The Hall–Kier alpha value is -3.07. The number of ether oxygens (including phenoxy) is 2. The summed E-state index contributed by atoms with van der Waals surface area (Å²) in [5.41, 5.74) is 1.23. The lowest BCUT2D eigenvalue weighted by atomic mass is 10.1. The molecular formula is C20H21N3O5S. The molecule has 0 spiro atoms. The number of imidazole rings is 1. The van der Waals surface area contributed by atoms with Crippen molar-refractivity contribution in [1.29, 1.82) is 0 Å². The maximum absolute atomic E-state index is 12.9. The number of nitrogens with one attached hydrogen (secondary N) is 1. The van der Waals surface area contributed by atoms with Crippen LogP contribution in [0, 0.1) is 0 Å². The van der Waals surface area contributed by atoms with Crippen molar-refractivity contribution in [3.05, 3.63) is 48.3 Å². The quantitative estimate of drug-likeness (QED) is 0.306. The van der Waals surface area contributed by atoms with Crippen LogP contribution in [0.3, 0.4) is 0 Å². The first-order chi connectivity index (χ1) is 13.9. The largest absolute Gasteiger partial charge is 0.482 e. The second-order valence-corrected chi connectivity index (χ2v) is 7.54. The molecule has 1 amide bonds. The van der Waals surface area contributed by atoms with Gasteiger partial charge in [-0.1, -0.05) is 17.8 Å². The summed E-state index contributed by atoms with van der Waals surface area (Å²) in [5, 5.41) is -0.0269.